The summed E-state index contributed by atoms with van der Waals surface area (Å²) in [6.45, 7) is 1.90. The van der Waals surface area contributed by atoms with Gasteiger partial charge < -0.3 is 15.8 Å². The molecular weight excluding hydrogens is 242 g/mol. The van der Waals surface area contributed by atoms with Crippen molar-refractivity contribution in [2.75, 3.05) is 12.4 Å². The van der Waals surface area contributed by atoms with Crippen LogP contribution in [0.4, 0.5) is 5.82 Å². The molecule has 5 nitrogen and oxygen atoms in total. The van der Waals surface area contributed by atoms with Gasteiger partial charge in [0, 0.05) is 24.0 Å². The molecule has 0 aliphatic heterocycles. The summed E-state index contributed by atoms with van der Waals surface area (Å²) >= 11 is 0. The molecule has 0 bridgehead atoms. The molecule has 2 aromatic rings. The molecule has 1 aromatic carbocycles. The Morgan fingerprint density at radius 1 is 1.47 bits per heavy atom. The standard InChI is InChI=1S/C14H17N3O2/c1-9(7-13(15)18)17-14-12-4-3-11(19-2)8-10(12)5-6-16-14/h3-6,8-9H,7H2,1-2H3,(H2,15,18)(H,16,17). The third-order valence-corrected chi connectivity index (χ3v) is 2.86. The van der Waals surface area contributed by atoms with Crippen molar-refractivity contribution in [1.29, 1.82) is 0 Å². The number of amides is 1. The number of ether oxygens (including phenoxy) is 1. The predicted octanol–water partition coefficient (Wildman–Crippen LogP) is 1.92. The highest BCUT2D eigenvalue weighted by Gasteiger charge is 2.09. The van der Waals surface area contributed by atoms with E-state index in [1.54, 1.807) is 13.3 Å². The Bertz CT molecular complexity index is 598. The molecule has 0 spiro atoms. The van der Waals surface area contributed by atoms with Gasteiger partial charge in [-0.1, -0.05) is 0 Å². The monoisotopic (exact) mass is 259 g/mol. The zero-order chi connectivity index (χ0) is 13.8. The molecule has 0 aliphatic rings. The lowest BCUT2D eigenvalue weighted by Gasteiger charge is -2.14. The molecule has 0 fully saturated rings. The first-order valence-electron chi connectivity index (χ1n) is 6.07. The Morgan fingerprint density at radius 3 is 2.95 bits per heavy atom. The Balaban J connectivity index is 2.30. The van der Waals surface area contributed by atoms with Crippen molar-refractivity contribution in [3.8, 4) is 5.75 Å². The van der Waals surface area contributed by atoms with E-state index in [9.17, 15) is 4.79 Å². The highest BCUT2D eigenvalue weighted by molar-refractivity contribution is 5.92. The molecule has 1 heterocycles. The van der Waals surface area contributed by atoms with Crippen molar-refractivity contribution < 1.29 is 9.53 Å². The molecule has 0 saturated heterocycles. The summed E-state index contributed by atoms with van der Waals surface area (Å²) in [6, 6.07) is 7.63. The number of methoxy groups -OCH3 is 1. The summed E-state index contributed by atoms with van der Waals surface area (Å²) in [4.78, 5) is 15.2. The topological polar surface area (TPSA) is 77.2 Å². The average Bonchev–Trinajstić information content (AvgIpc) is 2.37. The summed E-state index contributed by atoms with van der Waals surface area (Å²) < 4.78 is 5.19. The van der Waals surface area contributed by atoms with Gasteiger partial charge in [-0.25, -0.2) is 4.98 Å². The maximum Gasteiger partial charge on any atom is 0.219 e. The van der Waals surface area contributed by atoms with Crippen LogP contribution < -0.4 is 15.8 Å². The van der Waals surface area contributed by atoms with Crippen LogP contribution in [0.2, 0.25) is 0 Å². The molecule has 19 heavy (non-hydrogen) atoms. The lowest BCUT2D eigenvalue weighted by atomic mass is 10.1. The number of nitrogens with two attached hydrogens (primary N) is 1. The smallest absolute Gasteiger partial charge is 0.219 e. The fraction of sp³-hybridized carbons (Fsp3) is 0.286. The average molecular weight is 259 g/mol. The number of pyridine rings is 1. The number of hydrogen-bond donors (Lipinski definition) is 2. The van der Waals surface area contributed by atoms with Gasteiger partial charge in [-0.15, -0.1) is 0 Å². The molecule has 1 amide bonds. The number of rotatable bonds is 5. The second kappa shape index (κ2) is 5.56. The Morgan fingerprint density at radius 2 is 2.26 bits per heavy atom. The van der Waals surface area contributed by atoms with Crippen molar-refractivity contribution in [1.82, 2.24) is 4.98 Å². The first-order chi connectivity index (χ1) is 9.10. The van der Waals surface area contributed by atoms with Crippen molar-refractivity contribution >= 4 is 22.5 Å². The molecule has 1 unspecified atom stereocenters. The minimum atomic E-state index is -0.332. The second-order valence-corrected chi connectivity index (χ2v) is 4.46. The van der Waals surface area contributed by atoms with E-state index in [1.807, 2.05) is 31.2 Å². The summed E-state index contributed by atoms with van der Waals surface area (Å²) in [5, 5.41) is 5.22. The van der Waals surface area contributed by atoms with Crippen LogP contribution in [-0.2, 0) is 4.79 Å². The first-order valence-corrected chi connectivity index (χ1v) is 6.07. The van der Waals surface area contributed by atoms with E-state index in [4.69, 9.17) is 10.5 Å². The van der Waals surface area contributed by atoms with Crippen molar-refractivity contribution in [3.05, 3.63) is 30.5 Å². The number of aromatic nitrogens is 1. The quantitative estimate of drug-likeness (QED) is 0.860. The van der Waals surface area contributed by atoms with E-state index in [0.717, 1.165) is 22.3 Å². The van der Waals surface area contributed by atoms with Gasteiger partial charge in [0.1, 0.15) is 11.6 Å². The van der Waals surface area contributed by atoms with Crippen LogP contribution in [0.15, 0.2) is 30.5 Å². The zero-order valence-corrected chi connectivity index (χ0v) is 11.0. The third kappa shape index (κ3) is 3.13. The van der Waals surface area contributed by atoms with Crippen molar-refractivity contribution in [2.24, 2.45) is 5.73 Å². The first kappa shape index (κ1) is 13.1. The van der Waals surface area contributed by atoms with Gasteiger partial charge >= 0.3 is 0 Å². The van der Waals surface area contributed by atoms with Crippen molar-refractivity contribution in [3.63, 3.8) is 0 Å². The van der Waals surface area contributed by atoms with Gasteiger partial charge in [-0.05, 0) is 36.6 Å². The number of nitrogens with one attached hydrogen (secondary N) is 1. The van der Waals surface area contributed by atoms with Crippen LogP contribution in [0, 0.1) is 0 Å². The fourth-order valence-corrected chi connectivity index (χ4v) is 1.98. The number of fused-ring (bicyclic) bond motifs is 1. The molecule has 0 aliphatic carbocycles. The Kier molecular flexibility index (Phi) is 3.85. The number of anilines is 1. The van der Waals surface area contributed by atoms with E-state index in [0.29, 0.717) is 0 Å². The fourth-order valence-electron chi connectivity index (χ4n) is 1.98. The van der Waals surface area contributed by atoms with Crippen molar-refractivity contribution in [2.45, 2.75) is 19.4 Å². The normalized spacial score (nSPS) is 12.1. The maximum absolute atomic E-state index is 10.9. The maximum atomic E-state index is 10.9. The Labute approximate surface area is 111 Å². The molecule has 100 valence electrons. The van der Waals surface area contributed by atoms with E-state index in [2.05, 4.69) is 10.3 Å². The van der Waals surface area contributed by atoms with E-state index < -0.39 is 0 Å². The van der Waals surface area contributed by atoms with E-state index in [-0.39, 0.29) is 18.4 Å². The highest BCUT2D eigenvalue weighted by atomic mass is 16.5. The molecule has 3 N–H and O–H groups in total. The Hall–Kier alpha value is -2.30. The van der Waals surface area contributed by atoms with E-state index in [1.165, 1.54) is 0 Å². The van der Waals surface area contributed by atoms with Gasteiger partial charge in [-0.2, -0.15) is 0 Å². The zero-order valence-electron chi connectivity index (χ0n) is 11.0. The molecule has 0 saturated carbocycles. The minimum Gasteiger partial charge on any atom is -0.497 e. The number of carbonyl (C=O) groups excluding carboxylic acids is 1. The van der Waals surface area contributed by atoms with Crippen LogP contribution in [0.25, 0.3) is 10.8 Å². The van der Waals surface area contributed by atoms with Crippen LogP contribution in [0.5, 0.6) is 5.75 Å². The lowest BCUT2D eigenvalue weighted by molar-refractivity contribution is -0.118. The largest absolute Gasteiger partial charge is 0.497 e. The van der Waals surface area contributed by atoms with Crippen LogP contribution in [-0.4, -0.2) is 24.0 Å². The summed E-state index contributed by atoms with van der Waals surface area (Å²) in [7, 11) is 1.64. The van der Waals surface area contributed by atoms with Gasteiger partial charge in [0.05, 0.1) is 7.11 Å². The van der Waals surface area contributed by atoms with Crippen LogP contribution in [0.1, 0.15) is 13.3 Å². The molecule has 0 radical (unpaired) electrons. The number of nitrogens with zero attached hydrogens (tertiary/aromatic N) is 1. The van der Waals surface area contributed by atoms with Crippen LogP contribution in [0.3, 0.4) is 0 Å². The number of primary amides is 1. The van der Waals surface area contributed by atoms with Gasteiger partial charge in [0.2, 0.25) is 5.91 Å². The molecule has 5 heteroatoms. The molecule has 2 rings (SSSR count). The third-order valence-electron chi connectivity index (χ3n) is 2.86. The van der Waals surface area contributed by atoms with Gasteiger partial charge in [0.15, 0.2) is 0 Å². The summed E-state index contributed by atoms with van der Waals surface area (Å²) in [6.07, 6.45) is 2.00. The highest BCUT2D eigenvalue weighted by Crippen LogP contribution is 2.25. The summed E-state index contributed by atoms with van der Waals surface area (Å²) in [5.41, 5.74) is 5.18. The molecule has 1 atom stereocenters. The predicted molar refractivity (Wildman–Crippen MR) is 75.2 cm³/mol. The second-order valence-electron chi connectivity index (χ2n) is 4.46. The summed E-state index contributed by atoms with van der Waals surface area (Å²) in [5.74, 6) is 1.21. The molecule has 1 aromatic heterocycles. The lowest BCUT2D eigenvalue weighted by Crippen LogP contribution is -2.24. The number of carbonyl (C=O) groups is 1. The van der Waals surface area contributed by atoms with Gasteiger partial charge in [0.25, 0.3) is 0 Å². The van der Waals surface area contributed by atoms with E-state index >= 15 is 0 Å². The van der Waals surface area contributed by atoms with Gasteiger partial charge in [-0.3, -0.25) is 4.79 Å². The SMILES string of the molecule is COc1ccc2c(NC(C)CC(N)=O)nccc2c1. The van der Waals surface area contributed by atoms with Crippen LogP contribution >= 0.6 is 0 Å². The molecular formula is C14H17N3O2. The number of hydrogen-bond acceptors (Lipinski definition) is 4. The number of benzene rings is 1. The minimum absolute atomic E-state index is 0.0577.